The molecule has 2 atom stereocenters. The highest BCUT2D eigenvalue weighted by atomic mass is 35.5. The fourth-order valence-corrected chi connectivity index (χ4v) is 3.10. The number of nitrogens with zero attached hydrogens (tertiary/aromatic N) is 1. The number of nitro groups is 1. The minimum atomic E-state index is -0.605. The van der Waals surface area contributed by atoms with E-state index in [-0.39, 0.29) is 33.3 Å². The quantitative estimate of drug-likeness (QED) is 0.680. The van der Waals surface area contributed by atoms with Gasteiger partial charge in [0, 0.05) is 24.6 Å². The van der Waals surface area contributed by atoms with Crippen molar-refractivity contribution in [3.63, 3.8) is 0 Å². The number of halogens is 1. The summed E-state index contributed by atoms with van der Waals surface area (Å²) in [6.07, 6.45) is 0.639. The zero-order valence-corrected chi connectivity index (χ0v) is 13.7. The molecule has 2 unspecified atom stereocenters. The van der Waals surface area contributed by atoms with Gasteiger partial charge in [-0.15, -0.1) is 0 Å². The maximum atomic E-state index is 12.4. The Morgan fingerprint density at radius 2 is 2.09 bits per heavy atom. The Morgan fingerprint density at radius 3 is 2.59 bits per heavy atom. The van der Waals surface area contributed by atoms with Gasteiger partial charge in [-0.1, -0.05) is 31.5 Å². The first kappa shape index (κ1) is 16.7. The molecule has 120 valence electrons. The summed E-state index contributed by atoms with van der Waals surface area (Å²) in [7, 11) is 1.64. The van der Waals surface area contributed by atoms with Crippen LogP contribution in [0.1, 0.15) is 37.6 Å². The van der Waals surface area contributed by atoms with Crippen LogP contribution in [-0.4, -0.2) is 29.6 Å². The predicted octanol–water partition coefficient (Wildman–Crippen LogP) is 3.18. The fraction of sp³-hybridized carbons (Fsp3) is 0.533. The summed E-state index contributed by atoms with van der Waals surface area (Å²) in [4.78, 5) is 22.9. The number of rotatable bonds is 4. The van der Waals surface area contributed by atoms with Crippen molar-refractivity contribution in [2.24, 2.45) is 5.41 Å². The van der Waals surface area contributed by atoms with E-state index >= 15 is 0 Å². The van der Waals surface area contributed by atoms with Gasteiger partial charge in [0.25, 0.3) is 11.6 Å². The van der Waals surface area contributed by atoms with E-state index in [1.54, 1.807) is 7.11 Å². The Morgan fingerprint density at radius 1 is 1.45 bits per heavy atom. The largest absolute Gasteiger partial charge is 0.378 e. The summed E-state index contributed by atoms with van der Waals surface area (Å²) < 4.78 is 5.51. The van der Waals surface area contributed by atoms with Crippen molar-refractivity contribution >= 4 is 23.2 Å². The first-order valence-corrected chi connectivity index (χ1v) is 7.31. The van der Waals surface area contributed by atoms with Gasteiger partial charge in [-0.3, -0.25) is 14.9 Å². The molecule has 1 N–H and O–H groups in total. The van der Waals surface area contributed by atoms with Gasteiger partial charge >= 0.3 is 0 Å². The lowest BCUT2D eigenvalue weighted by atomic mass is 9.56. The van der Waals surface area contributed by atoms with Gasteiger partial charge in [0.05, 0.1) is 15.5 Å². The molecular weight excluding hydrogens is 308 g/mol. The van der Waals surface area contributed by atoms with E-state index in [0.717, 1.165) is 0 Å². The second kappa shape index (κ2) is 5.52. The van der Waals surface area contributed by atoms with Crippen LogP contribution in [0.15, 0.2) is 18.2 Å². The molecule has 1 aromatic carbocycles. The fourth-order valence-electron chi connectivity index (χ4n) is 2.84. The molecule has 0 heterocycles. The lowest BCUT2D eigenvalue weighted by Gasteiger charge is -2.59. The number of carbonyl (C=O) groups is 1. The number of methoxy groups -OCH3 is 1. The normalized spacial score (nSPS) is 26.1. The van der Waals surface area contributed by atoms with Crippen LogP contribution in [0.3, 0.4) is 0 Å². The molecule has 0 radical (unpaired) electrons. The van der Waals surface area contributed by atoms with E-state index in [1.807, 2.05) is 20.8 Å². The minimum Gasteiger partial charge on any atom is -0.378 e. The number of nitro benzene ring substituents is 1. The van der Waals surface area contributed by atoms with Crippen molar-refractivity contribution in [2.45, 2.75) is 38.8 Å². The van der Waals surface area contributed by atoms with Gasteiger partial charge < -0.3 is 10.1 Å². The zero-order valence-electron chi connectivity index (χ0n) is 13.0. The van der Waals surface area contributed by atoms with Crippen LogP contribution < -0.4 is 5.32 Å². The second-order valence-corrected chi connectivity index (χ2v) is 6.69. The van der Waals surface area contributed by atoms with Gasteiger partial charge in [-0.05, 0) is 19.4 Å². The summed E-state index contributed by atoms with van der Waals surface area (Å²) >= 11 is 5.98. The summed E-state index contributed by atoms with van der Waals surface area (Å²) in [5.74, 6) is -0.534. The molecule has 1 saturated carbocycles. The zero-order chi connectivity index (χ0) is 16.7. The average molecular weight is 327 g/mol. The molecule has 2 rings (SSSR count). The molecular formula is C15H19ClN2O4. The van der Waals surface area contributed by atoms with Crippen LogP contribution in [0.5, 0.6) is 0 Å². The molecule has 0 aliphatic heterocycles. The van der Waals surface area contributed by atoms with Gasteiger partial charge in [-0.25, -0.2) is 0 Å². The third-order valence-corrected chi connectivity index (χ3v) is 5.31. The number of ether oxygens (including phenoxy) is 1. The number of hydrogen-bond donors (Lipinski definition) is 1. The maximum Gasteiger partial charge on any atom is 0.283 e. The molecule has 1 aromatic rings. The van der Waals surface area contributed by atoms with E-state index in [9.17, 15) is 14.9 Å². The second-order valence-electron chi connectivity index (χ2n) is 6.28. The first-order valence-electron chi connectivity index (χ1n) is 6.93. The Bertz CT molecular complexity index is 632. The van der Waals surface area contributed by atoms with Crippen LogP contribution in [0.4, 0.5) is 5.69 Å². The van der Waals surface area contributed by atoms with Crippen molar-refractivity contribution in [1.29, 1.82) is 0 Å². The van der Waals surface area contributed by atoms with Gasteiger partial charge in [0.15, 0.2) is 0 Å². The van der Waals surface area contributed by atoms with Crippen LogP contribution in [0.25, 0.3) is 0 Å². The summed E-state index contributed by atoms with van der Waals surface area (Å²) in [5, 5.41) is 14.0. The highest BCUT2D eigenvalue weighted by Crippen LogP contribution is 2.51. The van der Waals surface area contributed by atoms with E-state index < -0.39 is 10.8 Å². The monoisotopic (exact) mass is 326 g/mol. The molecule has 0 saturated heterocycles. The van der Waals surface area contributed by atoms with Gasteiger partial charge in [-0.2, -0.15) is 0 Å². The first-order chi connectivity index (χ1) is 10.1. The van der Waals surface area contributed by atoms with Crippen molar-refractivity contribution in [1.82, 2.24) is 5.32 Å². The molecule has 22 heavy (non-hydrogen) atoms. The third-order valence-electron chi connectivity index (χ3n) is 5.00. The maximum absolute atomic E-state index is 12.4. The van der Waals surface area contributed by atoms with E-state index in [2.05, 4.69) is 5.32 Å². The summed E-state index contributed by atoms with van der Waals surface area (Å²) in [5.41, 5.74) is -1.02. The minimum absolute atomic E-state index is 0.0679. The Kier molecular flexibility index (Phi) is 4.19. The van der Waals surface area contributed by atoms with Crippen molar-refractivity contribution in [2.75, 3.05) is 7.11 Å². The number of amides is 1. The summed E-state index contributed by atoms with van der Waals surface area (Å²) in [6, 6.07) is 4.05. The van der Waals surface area contributed by atoms with Crippen molar-refractivity contribution in [3.05, 3.63) is 38.9 Å². The third kappa shape index (κ3) is 2.46. The lowest BCUT2D eigenvalue weighted by Crippen LogP contribution is -2.68. The van der Waals surface area contributed by atoms with Crippen molar-refractivity contribution in [3.8, 4) is 0 Å². The predicted molar refractivity (Wildman–Crippen MR) is 83.2 cm³/mol. The molecule has 0 spiro atoms. The van der Waals surface area contributed by atoms with Crippen LogP contribution in [0, 0.1) is 15.5 Å². The topological polar surface area (TPSA) is 81.5 Å². The Hall–Kier alpha value is -1.66. The Labute approximate surface area is 133 Å². The van der Waals surface area contributed by atoms with Crippen LogP contribution in [-0.2, 0) is 4.74 Å². The number of benzene rings is 1. The number of hydrogen-bond acceptors (Lipinski definition) is 4. The molecule has 1 fully saturated rings. The number of nitrogens with one attached hydrogen (secondary N) is 1. The molecule has 1 aliphatic carbocycles. The van der Waals surface area contributed by atoms with Crippen molar-refractivity contribution < 1.29 is 14.5 Å². The SMILES string of the molecule is COC1(C)CC(NC(=O)c2c(Cl)cccc2[N+](=O)[O-])C1(C)C. The molecule has 1 amide bonds. The van der Waals surface area contributed by atoms with E-state index in [1.165, 1.54) is 18.2 Å². The van der Waals surface area contributed by atoms with Crippen LogP contribution >= 0.6 is 11.6 Å². The van der Waals surface area contributed by atoms with E-state index in [0.29, 0.717) is 6.42 Å². The molecule has 7 heteroatoms. The van der Waals surface area contributed by atoms with Gasteiger partial charge in [0.2, 0.25) is 0 Å². The van der Waals surface area contributed by atoms with Crippen LogP contribution in [0.2, 0.25) is 5.02 Å². The highest BCUT2D eigenvalue weighted by Gasteiger charge is 2.58. The number of carbonyl (C=O) groups excluding carboxylic acids is 1. The standard InChI is InChI=1S/C15H19ClN2O4/c1-14(2)11(8-15(14,3)22-4)17-13(19)12-9(16)6-5-7-10(12)18(20)21/h5-7,11H,8H2,1-4H3,(H,17,19). The average Bonchev–Trinajstić information content (AvgIpc) is 2.45. The lowest BCUT2D eigenvalue weighted by molar-refractivity contribution is -0.385. The Balaban J connectivity index is 2.24. The summed E-state index contributed by atoms with van der Waals surface area (Å²) in [6.45, 7) is 5.96. The van der Waals surface area contributed by atoms with Gasteiger partial charge in [0.1, 0.15) is 5.56 Å². The van der Waals surface area contributed by atoms with E-state index in [4.69, 9.17) is 16.3 Å². The molecule has 6 nitrogen and oxygen atoms in total. The molecule has 1 aliphatic rings. The molecule has 0 bridgehead atoms. The molecule has 0 aromatic heterocycles. The highest BCUT2D eigenvalue weighted by molar-refractivity contribution is 6.34. The smallest absolute Gasteiger partial charge is 0.283 e.